The molecule has 0 aromatic rings. The monoisotopic (exact) mass is 473 g/mol. The fourth-order valence-corrected chi connectivity index (χ4v) is 10.8. The van der Waals surface area contributed by atoms with E-state index in [0.29, 0.717) is 16.6 Å². The van der Waals surface area contributed by atoms with Gasteiger partial charge in [-0.05, 0) is 37.4 Å². The van der Waals surface area contributed by atoms with Gasteiger partial charge in [-0.3, -0.25) is 9.59 Å². The number of aliphatic hydroxyl groups excluding tert-OH is 1. The van der Waals surface area contributed by atoms with Crippen LogP contribution in [0.5, 0.6) is 0 Å². The number of rotatable bonds is 11. The third-order valence-corrected chi connectivity index (χ3v) is 12.9. The summed E-state index contributed by atoms with van der Waals surface area (Å²) in [5.74, 6) is -1.15. The van der Waals surface area contributed by atoms with Gasteiger partial charge in [-0.2, -0.15) is 0 Å². The Morgan fingerprint density at radius 1 is 0.969 bits per heavy atom. The van der Waals surface area contributed by atoms with Crippen LogP contribution in [0, 0.1) is 0 Å². The number of hydrogen-bond donors (Lipinski definition) is 1. The number of ether oxygens (including phenoxy) is 2. The van der Waals surface area contributed by atoms with Crippen molar-refractivity contribution >= 4 is 20.0 Å². The highest BCUT2D eigenvalue weighted by atomic mass is 28.4. The minimum atomic E-state index is -2.18. The Labute approximate surface area is 196 Å². The van der Waals surface area contributed by atoms with Gasteiger partial charge in [-0.15, -0.1) is 0 Å². The van der Waals surface area contributed by atoms with E-state index in [0.717, 1.165) is 0 Å². The van der Waals surface area contributed by atoms with E-state index in [1.165, 1.54) is 4.90 Å². The van der Waals surface area contributed by atoms with E-state index in [-0.39, 0.29) is 37.1 Å². The highest BCUT2D eigenvalue weighted by Gasteiger charge is 2.51. The second kappa shape index (κ2) is 11.6. The van der Waals surface area contributed by atoms with Crippen LogP contribution in [-0.2, 0) is 23.5 Å². The molecule has 32 heavy (non-hydrogen) atoms. The molecular weight excluding hydrogens is 426 g/mol. The summed E-state index contributed by atoms with van der Waals surface area (Å²) in [7, 11) is 1.15. The second-order valence-corrected chi connectivity index (χ2v) is 16.2. The number of aliphatic hydroxyl groups is 1. The zero-order chi connectivity index (χ0) is 25.0. The molecule has 0 aromatic carbocycles. The van der Waals surface area contributed by atoms with E-state index >= 15 is 0 Å². The van der Waals surface area contributed by atoms with E-state index < -0.39 is 32.4 Å². The molecule has 4 atom stereocenters. The molecule has 0 aromatic heterocycles. The minimum Gasteiger partial charge on any atom is -0.411 e. The summed E-state index contributed by atoms with van der Waals surface area (Å²) >= 11 is 0. The van der Waals surface area contributed by atoms with E-state index in [9.17, 15) is 14.7 Å². The predicted molar refractivity (Wildman–Crippen MR) is 129 cm³/mol. The summed E-state index contributed by atoms with van der Waals surface area (Å²) in [5.41, 5.74) is 1.21. The van der Waals surface area contributed by atoms with Crippen molar-refractivity contribution in [2.45, 2.75) is 128 Å². The van der Waals surface area contributed by atoms with Gasteiger partial charge >= 0.3 is 0 Å². The van der Waals surface area contributed by atoms with E-state index in [1.54, 1.807) is 27.9 Å². The zero-order valence-corrected chi connectivity index (χ0v) is 23.1. The number of hydrogen-bond acceptors (Lipinski definition) is 6. The molecule has 0 bridgehead atoms. The average Bonchev–Trinajstić information content (AvgIpc) is 2.65. The third kappa shape index (κ3) is 7.10. The number of carbonyl (C=O) groups excluding carboxylic acids is 2. The van der Waals surface area contributed by atoms with Gasteiger partial charge in [-0.1, -0.05) is 41.5 Å². The zero-order valence-electron chi connectivity index (χ0n) is 22.1. The molecule has 0 spiro atoms. The molecule has 0 saturated carbocycles. The molecule has 0 unspecified atom stereocenters. The summed E-state index contributed by atoms with van der Waals surface area (Å²) in [6, 6.07) is 0. The van der Waals surface area contributed by atoms with Crippen LogP contribution in [0.1, 0.15) is 81.6 Å². The van der Waals surface area contributed by atoms with Crippen LogP contribution < -0.4 is 0 Å². The highest BCUT2D eigenvalue weighted by molar-refractivity contribution is 6.77. The van der Waals surface area contributed by atoms with Gasteiger partial charge in [0.05, 0.1) is 12.2 Å². The van der Waals surface area contributed by atoms with Crippen LogP contribution in [0.15, 0.2) is 0 Å². The molecule has 8 heteroatoms. The lowest BCUT2D eigenvalue weighted by molar-refractivity contribution is -0.342. The Morgan fingerprint density at radius 3 is 1.91 bits per heavy atom. The van der Waals surface area contributed by atoms with Gasteiger partial charge < -0.3 is 23.9 Å². The normalized spacial score (nSPS) is 24.8. The number of Topliss-reactive ketones (excluding diaryl/α,β-unsaturated/α-hetero) is 1. The van der Waals surface area contributed by atoms with Gasteiger partial charge in [0.1, 0.15) is 18.0 Å². The molecule has 1 saturated heterocycles. The maximum Gasteiger partial charge on any atom is 0.222 e. The highest BCUT2D eigenvalue weighted by Crippen LogP contribution is 2.44. The molecule has 7 nitrogen and oxygen atoms in total. The Morgan fingerprint density at radius 2 is 1.47 bits per heavy atom. The molecule has 1 aliphatic rings. The molecule has 1 fully saturated rings. The molecule has 1 heterocycles. The van der Waals surface area contributed by atoms with Crippen LogP contribution in [0.25, 0.3) is 0 Å². The Bertz CT molecular complexity index is 612. The smallest absolute Gasteiger partial charge is 0.222 e. The molecule has 188 valence electrons. The Balaban J connectivity index is 3.00. The minimum absolute atomic E-state index is 0.0407. The molecule has 1 aliphatic heterocycles. The fraction of sp³-hybridized carbons (Fsp3) is 0.917. The molecule has 0 radical (unpaired) electrons. The van der Waals surface area contributed by atoms with Gasteiger partial charge in [0.15, 0.2) is 5.79 Å². The third-order valence-electron chi connectivity index (χ3n) is 6.68. The topological polar surface area (TPSA) is 85.3 Å². The van der Waals surface area contributed by atoms with Crippen molar-refractivity contribution in [3.05, 3.63) is 0 Å². The van der Waals surface area contributed by atoms with Crippen LogP contribution in [-0.4, -0.2) is 74.3 Å². The maximum atomic E-state index is 12.5. The van der Waals surface area contributed by atoms with E-state index in [1.807, 2.05) is 6.92 Å². The van der Waals surface area contributed by atoms with Crippen LogP contribution in [0.2, 0.25) is 16.6 Å². The first-order chi connectivity index (χ1) is 14.5. The van der Waals surface area contributed by atoms with Crippen molar-refractivity contribution in [1.29, 1.82) is 0 Å². The summed E-state index contributed by atoms with van der Waals surface area (Å²) in [5, 5.41) is 11.1. The van der Waals surface area contributed by atoms with Crippen LogP contribution in [0.4, 0.5) is 0 Å². The van der Waals surface area contributed by atoms with Crippen molar-refractivity contribution in [1.82, 2.24) is 4.90 Å². The molecule has 1 amide bonds. The summed E-state index contributed by atoms with van der Waals surface area (Å²) in [6.07, 6.45) is -2.33. The van der Waals surface area contributed by atoms with Crippen molar-refractivity contribution in [2.24, 2.45) is 0 Å². The first-order valence-electron chi connectivity index (χ1n) is 12.0. The van der Waals surface area contributed by atoms with Crippen molar-refractivity contribution in [3.8, 4) is 0 Å². The van der Waals surface area contributed by atoms with E-state index in [2.05, 4.69) is 41.5 Å². The van der Waals surface area contributed by atoms with Gasteiger partial charge in [0, 0.05) is 33.4 Å². The van der Waals surface area contributed by atoms with Crippen molar-refractivity contribution in [3.63, 3.8) is 0 Å². The molecule has 1 rings (SSSR count). The van der Waals surface area contributed by atoms with Gasteiger partial charge in [0.25, 0.3) is 0 Å². The molecule has 0 aliphatic carbocycles. The largest absolute Gasteiger partial charge is 0.411 e. The van der Waals surface area contributed by atoms with Crippen molar-refractivity contribution < 1.29 is 28.6 Å². The lowest BCUT2D eigenvalue weighted by atomic mass is 9.96. The first-order valence-corrected chi connectivity index (χ1v) is 14.1. The quantitative estimate of drug-likeness (QED) is 0.451. The number of nitrogens with zero attached hydrogens (tertiary/aromatic N) is 1. The maximum absolute atomic E-state index is 12.5. The first kappa shape index (κ1) is 29.2. The predicted octanol–water partition coefficient (Wildman–Crippen LogP) is 4.28. The average molecular weight is 474 g/mol. The number of carbonyl (C=O) groups is 2. The Hall–Kier alpha value is -0.803. The lowest BCUT2D eigenvalue weighted by Gasteiger charge is -2.49. The molecule has 1 N–H and O–H groups in total. The van der Waals surface area contributed by atoms with Crippen LogP contribution >= 0.6 is 0 Å². The lowest BCUT2D eigenvalue weighted by Crippen LogP contribution is -2.61. The Kier molecular flexibility index (Phi) is 10.6. The summed E-state index contributed by atoms with van der Waals surface area (Å²) < 4.78 is 18.9. The standard InChI is InChI=1S/C24H47NO6Si/c1-15(2)32(16(3)4,17(5)6)31-18(7)23-22(28)20(29-24(8,9)30-23)14-19(26)12-13-21(27)25(10)11/h15-18,20,22-23,28H,12-14H2,1-11H3/t18-,20+,22-,23-/m0/s1. The number of amides is 1. The summed E-state index contributed by atoms with van der Waals surface area (Å²) in [4.78, 5) is 25.8. The van der Waals surface area contributed by atoms with Crippen molar-refractivity contribution in [2.75, 3.05) is 14.1 Å². The van der Waals surface area contributed by atoms with Crippen LogP contribution in [0.3, 0.4) is 0 Å². The summed E-state index contributed by atoms with van der Waals surface area (Å²) in [6.45, 7) is 18.9. The van der Waals surface area contributed by atoms with E-state index in [4.69, 9.17) is 13.9 Å². The fourth-order valence-electron chi connectivity index (χ4n) is 5.20. The van der Waals surface area contributed by atoms with Gasteiger partial charge in [-0.25, -0.2) is 0 Å². The van der Waals surface area contributed by atoms with Gasteiger partial charge in [0.2, 0.25) is 14.2 Å². The number of ketones is 1. The second-order valence-electron chi connectivity index (χ2n) is 10.8. The SMILES string of the molecule is CC(C)[Si](O[C@@H](C)[C@@H]1OC(C)(C)O[C@H](CC(=O)CCC(=O)N(C)C)[C@@H]1O)(C(C)C)C(C)C. The molecular formula is C24H47NO6Si.